The normalized spacial score (nSPS) is 10.6. The summed E-state index contributed by atoms with van der Waals surface area (Å²) in [7, 11) is 0. The maximum atomic E-state index is 13.1. The van der Waals surface area contributed by atoms with Crippen molar-refractivity contribution in [2.45, 2.75) is 0 Å². The summed E-state index contributed by atoms with van der Waals surface area (Å²) in [6.07, 6.45) is 0.518. The number of aldehydes is 1. The first-order valence-electron chi connectivity index (χ1n) is 3.55. The summed E-state index contributed by atoms with van der Waals surface area (Å²) in [5, 5.41) is 0.644. The first-order valence-corrected chi connectivity index (χ1v) is 4.74. The Labute approximate surface area is 82.7 Å². The molecule has 2 rings (SSSR count). The van der Waals surface area contributed by atoms with Crippen LogP contribution in [0.15, 0.2) is 18.2 Å². The molecule has 0 radical (unpaired) electrons. The molecule has 0 fully saturated rings. The smallest absolute Gasteiger partial charge is 0.188 e. The Hall–Kier alpha value is -0.930. The molecule has 0 amide bonds. The van der Waals surface area contributed by atoms with Gasteiger partial charge >= 0.3 is 0 Å². The highest BCUT2D eigenvalue weighted by molar-refractivity contribution is 7.17. The minimum absolute atomic E-state index is 0.0995. The fourth-order valence-electron chi connectivity index (χ4n) is 1.17. The maximum absolute atomic E-state index is 13.1. The van der Waals surface area contributed by atoms with E-state index >= 15 is 0 Å². The quantitative estimate of drug-likeness (QED) is 0.664. The zero-order valence-electron chi connectivity index (χ0n) is 6.38. The zero-order chi connectivity index (χ0) is 9.42. The van der Waals surface area contributed by atoms with Crippen LogP contribution in [-0.4, -0.2) is 6.29 Å². The van der Waals surface area contributed by atoms with Crippen molar-refractivity contribution in [2.75, 3.05) is 0 Å². The van der Waals surface area contributed by atoms with Gasteiger partial charge in [0.2, 0.25) is 0 Å². The molecule has 2 aromatic rings. The van der Waals surface area contributed by atoms with Crippen LogP contribution in [0.4, 0.5) is 4.39 Å². The Bertz CT molecular complexity index is 478. The molecule has 0 N–H and O–H groups in total. The number of halogens is 2. The highest BCUT2D eigenvalue weighted by atomic mass is 35.5. The van der Waals surface area contributed by atoms with E-state index in [4.69, 9.17) is 11.6 Å². The molecule has 1 nitrogen and oxygen atoms in total. The molecule has 1 aromatic carbocycles. The van der Waals surface area contributed by atoms with Gasteiger partial charge in [0.05, 0.1) is 5.56 Å². The molecule has 0 aliphatic rings. The Balaban J connectivity index is 2.88. The van der Waals surface area contributed by atoms with Crippen LogP contribution in [0.3, 0.4) is 0 Å². The molecule has 0 unspecified atom stereocenters. The molecule has 0 aliphatic carbocycles. The highest BCUT2D eigenvalue weighted by Gasteiger charge is 2.10. The van der Waals surface area contributed by atoms with E-state index in [0.717, 1.165) is 16.0 Å². The van der Waals surface area contributed by atoms with Crippen LogP contribution in [0.25, 0.3) is 10.1 Å². The van der Waals surface area contributed by atoms with Crippen molar-refractivity contribution in [3.8, 4) is 0 Å². The molecule has 0 aliphatic heterocycles. The van der Waals surface area contributed by atoms with Gasteiger partial charge in [-0.1, -0.05) is 11.6 Å². The molecule has 66 valence electrons. The van der Waals surface area contributed by atoms with Crippen molar-refractivity contribution in [2.24, 2.45) is 0 Å². The average molecular weight is 215 g/mol. The second kappa shape index (κ2) is 3.09. The van der Waals surface area contributed by atoms with E-state index < -0.39 is 5.13 Å². The first-order chi connectivity index (χ1) is 6.22. The van der Waals surface area contributed by atoms with Gasteiger partial charge < -0.3 is 0 Å². The second-order valence-electron chi connectivity index (χ2n) is 2.55. The van der Waals surface area contributed by atoms with Crippen LogP contribution in [0.2, 0.25) is 5.02 Å². The van der Waals surface area contributed by atoms with E-state index in [1.54, 1.807) is 18.2 Å². The number of hydrogen-bond donors (Lipinski definition) is 0. The van der Waals surface area contributed by atoms with Gasteiger partial charge in [0.1, 0.15) is 0 Å². The van der Waals surface area contributed by atoms with Gasteiger partial charge in [0.15, 0.2) is 11.4 Å². The Morgan fingerprint density at radius 3 is 2.92 bits per heavy atom. The van der Waals surface area contributed by atoms with E-state index in [-0.39, 0.29) is 5.56 Å². The van der Waals surface area contributed by atoms with Gasteiger partial charge in [-0.2, -0.15) is 4.39 Å². The summed E-state index contributed by atoms with van der Waals surface area (Å²) in [4.78, 5) is 10.5. The highest BCUT2D eigenvalue weighted by Crippen LogP contribution is 2.30. The fraction of sp³-hybridized carbons (Fsp3) is 0. The Morgan fingerprint density at radius 2 is 2.23 bits per heavy atom. The van der Waals surface area contributed by atoms with Crippen LogP contribution in [0.5, 0.6) is 0 Å². The molecule has 0 saturated heterocycles. The lowest BCUT2D eigenvalue weighted by molar-refractivity contribution is 0.112. The van der Waals surface area contributed by atoms with Gasteiger partial charge in [-0.3, -0.25) is 4.79 Å². The molecule has 1 aromatic heterocycles. The standard InChI is InChI=1S/C9H4ClFOS/c10-5-1-2-8-6(3-5)7(4-12)9(11)13-8/h1-4H. The van der Waals surface area contributed by atoms with Crippen LogP contribution < -0.4 is 0 Å². The van der Waals surface area contributed by atoms with E-state index in [1.807, 2.05) is 0 Å². The van der Waals surface area contributed by atoms with Crippen LogP contribution in [0, 0.1) is 5.13 Å². The molecule has 4 heteroatoms. The number of carbonyl (C=O) groups is 1. The third-order valence-electron chi connectivity index (χ3n) is 1.76. The maximum Gasteiger partial charge on any atom is 0.188 e. The van der Waals surface area contributed by atoms with Gasteiger partial charge in [0.25, 0.3) is 0 Å². The van der Waals surface area contributed by atoms with E-state index in [1.165, 1.54) is 0 Å². The third kappa shape index (κ3) is 1.34. The number of fused-ring (bicyclic) bond motifs is 1. The van der Waals surface area contributed by atoms with Gasteiger partial charge in [-0.25, -0.2) is 0 Å². The van der Waals surface area contributed by atoms with Gasteiger partial charge in [-0.15, -0.1) is 11.3 Å². The molecule has 0 bridgehead atoms. The third-order valence-corrected chi connectivity index (χ3v) is 2.97. The lowest BCUT2D eigenvalue weighted by atomic mass is 10.2. The Morgan fingerprint density at radius 1 is 1.46 bits per heavy atom. The summed E-state index contributed by atoms with van der Waals surface area (Å²) in [6, 6.07) is 4.98. The van der Waals surface area contributed by atoms with Crippen molar-refractivity contribution in [1.82, 2.24) is 0 Å². The summed E-state index contributed by atoms with van der Waals surface area (Å²) in [5.41, 5.74) is 0.0995. The molecule has 0 spiro atoms. The predicted molar refractivity (Wildman–Crippen MR) is 52.2 cm³/mol. The zero-order valence-corrected chi connectivity index (χ0v) is 7.95. The van der Waals surface area contributed by atoms with Crippen LogP contribution in [0.1, 0.15) is 10.4 Å². The summed E-state index contributed by atoms with van der Waals surface area (Å²) in [5.74, 6) is 0. The molecular weight excluding hydrogens is 211 g/mol. The number of thiophene rings is 1. The van der Waals surface area contributed by atoms with E-state index in [0.29, 0.717) is 16.7 Å². The number of carbonyl (C=O) groups excluding carboxylic acids is 1. The van der Waals surface area contributed by atoms with Crippen molar-refractivity contribution in [3.05, 3.63) is 33.9 Å². The van der Waals surface area contributed by atoms with Crippen molar-refractivity contribution in [1.29, 1.82) is 0 Å². The topological polar surface area (TPSA) is 17.1 Å². The molecule has 13 heavy (non-hydrogen) atoms. The molecular formula is C9H4ClFOS. The molecule has 0 atom stereocenters. The van der Waals surface area contributed by atoms with Gasteiger partial charge in [0, 0.05) is 15.1 Å². The summed E-state index contributed by atoms with van der Waals surface area (Å²) >= 11 is 6.68. The lowest BCUT2D eigenvalue weighted by Crippen LogP contribution is -1.78. The van der Waals surface area contributed by atoms with E-state index in [2.05, 4.69) is 0 Å². The fourth-order valence-corrected chi connectivity index (χ4v) is 2.22. The van der Waals surface area contributed by atoms with Crippen LogP contribution in [-0.2, 0) is 0 Å². The summed E-state index contributed by atoms with van der Waals surface area (Å²) < 4.78 is 13.8. The van der Waals surface area contributed by atoms with Gasteiger partial charge in [-0.05, 0) is 18.2 Å². The minimum Gasteiger partial charge on any atom is -0.298 e. The predicted octanol–water partition coefficient (Wildman–Crippen LogP) is 3.51. The SMILES string of the molecule is O=Cc1c(F)sc2ccc(Cl)cc12. The summed E-state index contributed by atoms with van der Waals surface area (Å²) in [6.45, 7) is 0. The lowest BCUT2D eigenvalue weighted by Gasteiger charge is -1.90. The van der Waals surface area contributed by atoms with Crippen LogP contribution >= 0.6 is 22.9 Å². The minimum atomic E-state index is -0.452. The number of hydrogen-bond acceptors (Lipinski definition) is 2. The van der Waals surface area contributed by atoms with Crippen molar-refractivity contribution >= 4 is 39.3 Å². The second-order valence-corrected chi connectivity index (χ2v) is 3.99. The first kappa shape index (κ1) is 8.66. The Kier molecular flexibility index (Phi) is 2.06. The van der Waals surface area contributed by atoms with E-state index in [9.17, 15) is 9.18 Å². The number of benzene rings is 1. The largest absolute Gasteiger partial charge is 0.298 e. The molecule has 1 heterocycles. The average Bonchev–Trinajstić information content (AvgIpc) is 2.40. The number of rotatable bonds is 1. The molecule has 0 saturated carbocycles. The monoisotopic (exact) mass is 214 g/mol. The van der Waals surface area contributed by atoms with Crippen molar-refractivity contribution < 1.29 is 9.18 Å². The van der Waals surface area contributed by atoms with Crippen molar-refractivity contribution in [3.63, 3.8) is 0 Å².